The van der Waals surface area contributed by atoms with Gasteiger partial charge in [0.25, 0.3) is 5.91 Å². The van der Waals surface area contributed by atoms with Crippen molar-refractivity contribution >= 4 is 16.8 Å². The van der Waals surface area contributed by atoms with Crippen molar-refractivity contribution in [1.82, 2.24) is 15.3 Å². The molecule has 0 radical (unpaired) electrons. The summed E-state index contributed by atoms with van der Waals surface area (Å²) in [6, 6.07) is 21.9. The minimum atomic E-state index is -0.399. The normalized spacial score (nSPS) is 17.8. The predicted octanol–water partition coefficient (Wildman–Crippen LogP) is 4.34. The number of carbonyl (C=O) groups is 1. The van der Waals surface area contributed by atoms with E-state index >= 15 is 0 Å². The average Bonchev–Trinajstić information content (AvgIpc) is 3.13. The summed E-state index contributed by atoms with van der Waals surface area (Å²) >= 11 is 0. The Kier molecular flexibility index (Phi) is 4.21. The molecule has 142 valence electrons. The van der Waals surface area contributed by atoms with Crippen LogP contribution >= 0.6 is 0 Å². The molecule has 2 atom stereocenters. The molecule has 0 saturated heterocycles. The van der Waals surface area contributed by atoms with Crippen LogP contribution in [0.3, 0.4) is 0 Å². The predicted molar refractivity (Wildman–Crippen MR) is 111 cm³/mol. The molecule has 0 saturated carbocycles. The summed E-state index contributed by atoms with van der Waals surface area (Å²) < 4.78 is 0. The van der Waals surface area contributed by atoms with Crippen molar-refractivity contribution in [1.29, 1.82) is 0 Å². The first kappa shape index (κ1) is 17.4. The maximum absolute atomic E-state index is 13.0. The van der Waals surface area contributed by atoms with E-state index in [2.05, 4.69) is 39.6 Å². The third kappa shape index (κ3) is 3.01. The highest BCUT2D eigenvalue weighted by Gasteiger charge is 2.33. The van der Waals surface area contributed by atoms with Crippen molar-refractivity contribution < 1.29 is 9.90 Å². The summed E-state index contributed by atoms with van der Waals surface area (Å²) in [6.07, 6.45) is 3.91. The molecule has 0 spiro atoms. The maximum atomic E-state index is 13.0. The van der Waals surface area contributed by atoms with Gasteiger partial charge in [-0.3, -0.25) is 9.78 Å². The molecule has 2 heterocycles. The summed E-state index contributed by atoms with van der Waals surface area (Å²) in [5.41, 5.74) is 3.93. The van der Waals surface area contributed by atoms with Gasteiger partial charge in [0.05, 0.1) is 6.04 Å². The zero-order valence-corrected chi connectivity index (χ0v) is 15.6. The molecule has 1 aliphatic rings. The van der Waals surface area contributed by atoms with Crippen molar-refractivity contribution in [2.45, 2.75) is 18.4 Å². The molecule has 0 unspecified atom stereocenters. The quantitative estimate of drug-likeness (QED) is 0.553. The zero-order chi connectivity index (χ0) is 19.8. The van der Waals surface area contributed by atoms with E-state index in [0.717, 1.165) is 12.0 Å². The highest BCUT2D eigenvalue weighted by molar-refractivity contribution is 6.00. The first-order valence-corrected chi connectivity index (χ1v) is 9.59. The van der Waals surface area contributed by atoms with E-state index in [-0.39, 0.29) is 23.4 Å². The largest absolute Gasteiger partial charge is 0.504 e. The second kappa shape index (κ2) is 7.02. The van der Waals surface area contributed by atoms with Gasteiger partial charge in [-0.25, -0.2) is 4.98 Å². The van der Waals surface area contributed by atoms with Gasteiger partial charge in [-0.2, -0.15) is 0 Å². The summed E-state index contributed by atoms with van der Waals surface area (Å²) in [4.78, 5) is 21.3. The second-order valence-corrected chi connectivity index (χ2v) is 7.25. The Hall–Kier alpha value is -3.73. The smallest absolute Gasteiger partial charge is 0.274 e. The first-order chi connectivity index (χ1) is 14.2. The molecule has 5 heteroatoms. The van der Waals surface area contributed by atoms with Crippen LogP contribution in [0.5, 0.6) is 5.75 Å². The van der Waals surface area contributed by atoms with Gasteiger partial charge in [-0.1, -0.05) is 54.6 Å². The van der Waals surface area contributed by atoms with Crippen molar-refractivity contribution in [3.05, 3.63) is 102 Å². The van der Waals surface area contributed by atoms with Crippen LogP contribution in [0.1, 0.15) is 45.6 Å². The zero-order valence-electron chi connectivity index (χ0n) is 15.6. The van der Waals surface area contributed by atoms with E-state index in [1.807, 2.05) is 30.3 Å². The van der Waals surface area contributed by atoms with Gasteiger partial charge in [-0.15, -0.1) is 0 Å². The minimum absolute atomic E-state index is 0.00292. The molecule has 5 nitrogen and oxygen atoms in total. The number of hydrogen-bond acceptors (Lipinski definition) is 4. The lowest BCUT2D eigenvalue weighted by Gasteiger charge is -2.15. The number of nitrogens with zero attached hydrogens (tertiary/aromatic N) is 2. The van der Waals surface area contributed by atoms with Crippen LogP contribution in [0, 0.1) is 0 Å². The van der Waals surface area contributed by atoms with E-state index < -0.39 is 5.91 Å². The third-order valence-corrected chi connectivity index (χ3v) is 5.56. The molecule has 1 aliphatic carbocycles. The number of amides is 1. The number of rotatable bonds is 3. The molecule has 29 heavy (non-hydrogen) atoms. The number of carbonyl (C=O) groups excluding carboxylic acids is 1. The van der Waals surface area contributed by atoms with Crippen LogP contribution < -0.4 is 5.32 Å². The number of aromatic hydroxyl groups is 1. The molecule has 2 aromatic carbocycles. The van der Waals surface area contributed by atoms with Gasteiger partial charge in [0.1, 0.15) is 5.52 Å². The standard InChI is InChI=1S/C24H19N3O2/c28-23-21-16(9-6-12-25-21)14-26-22(23)24(29)27-20-13-19(15-7-2-1-3-8-15)17-10-4-5-11-18(17)20/h1-12,14,19-20,28H,13H2,(H,27,29)/t19-,20-/m0/s1. The molecule has 0 bridgehead atoms. The van der Waals surface area contributed by atoms with Crippen molar-refractivity contribution in [2.24, 2.45) is 0 Å². The Morgan fingerprint density at radius 2 is 1.69 bits per heavy atom. The Morgan fingerprint density at radius 1 is 0.931 bits per heavy atom. The lowest BCUT2D eigenvalue weighted by Crippen LogP contribution is -2.28. The van der Waals surface area contributed by atoms with Gasteiger partial charge in [0, 0.05) is 23.7 Å². The van der Waals surface area contributed by atoms with Crippen LogP contribution in [0.15, 0.2) is 79.1 Å². The van der Waals surface area contributed by atoms with Gasteiger partial charge < -0.3 is 10.4 Å². The van der Waals surface area contributed by atoms with Crippen LogP contribution in [0.25, 0.3) is 10.9 Å². The number of pyridine rings is 2. The Morgan fingerprint density at radius 3 is 2.52 bits per heavy atom. The van der Waals surface area contributed by atoms with Crippen LogP contribution in [0.2, 0.25) is 0 Å². The highest BCUT2D eigenvalue weighted by Crippen LogP contribution is 2.44. The van der Waals surface area contributed by atoms with E-state index in [1.165, 1.54) is 11.1 Å². The summed E-state index contributed by atoms with van der Waals surface area (Å²) in [5.74, 6) is -0.368. The highest BCUT2D eigenvalue weighted by atomic mass is 16.3. The van der Waals surface area contributed by atoms with Crippen molar-refractivity contribution in [3.63, 3.8) is 0 Å². The van der Waals surface area contributed by atoms with E-state index in [0.29, 0.717) is 10.9 Å². The number of hydrogen-bond donors (Lipinski definition) is 2. The SMILES string of the molecule is O=C(N[C@H]1C[C@@H](c2ccccc2)c2ccccc21)c1ncc2cccnc2c1O. The Labute approximate surface area is 168 Å². The van der Waals surface area contributed by atoms with Crippen LogP contribution in [-0.4, -0.2) is 21.0 Å². The number of aromatic nitrogens is 2. The van der Waals surface area contributed by atoms with Crippen LogP contribution in [0.4, 0.5) is 0 Å². The lowest BCUT2D eigenvalue weighted by molar-refractivity contribution is 0.0928. The van der Waals surface area contributed by atoms with E-state index in [1.54, 1.807) is 24.5 Å². The number of nitrogens with one attached hydrogen (secondary N) is 1. The fraction of sp³-hybridized carbons (Fsp3) is 0.125. The van der Waals surface area contributed by atoms with Crippen molar-refractivity contribution in [3.8, 4) is 5.75 Å². The maximum Gasteiger partial charge on any atom is 0.274 e. The third-order valence-electron chi connectivity index (χ3n) is 5.56. The lowest BCUT2D eigenvalue weighted by atomic mass is 9.93. The van der Waals surface area contributed by atoms with E-state index in [4.69, 9.17) is 0 Å². The number of benzene rings is 2. The molecule has 5 rings (SSSR count). The molecule has 2 N–H and O–H groups in total. The molecule has 4 aromatic rings. The molecule has 2 aromatic heterocycles. The second-order valence-electron chi connectivity index (χ2n) is 7.25. The molecular weight excluding hydrogens is 362 g/mol. The Bertz CT molecular complexity index is 1210. The average molecular weight is 381 g/mol. The van der Waals surface area contributed by atoms with Gasteiger partial charge in [0.2, 0.25) is 0 Å². The summed E-state index contributed by atoms with van der Waals surface area (Å²) in [5, 5.41) is 14.3. The number of fused-ring (bicyclic) bond motifs is 2. The topological polar surface area (TPSA) is 75.1 Å². The van der Waals surface area contributed by atoms with Crippen LogP contribution in [-0.2, 0) is 0 Å². The Balaban J connectivity index is 1.47. The minimum Gasteiger partial charge on any atom is -0.504 e. The molecule has 0 fully saturated rings. The summed E-state index contributed by atoms with van der Waals surface area (Å²) in [6.45, 7) is 0. The van der Waals surface area contributed by atoms with Gasteiger partial charge in [-0.05, 0) is 35.2 Å². The molecule has 1 amide bonds. The van der Waals surface area contributed by atoms with Crippen molar-refractivity contribution in [2.75, 3.05) is 0 Å². The van der Waals surface area contributed by atoms with Gasteiger partial charge in [0.15, 0.2) is 11.4 Å². The monoisotopic (exact) mass is 381 g/mol. The molecule has 0 aliphatic heterocycles. The molecular formula is C24H19N3O2. The summed E-state index contributed by atoms with van der Waals surface area (Å²) in [7, 11) is 0. The van der Waals surface area contributed by atoms with Gasteiger partial charge >= 0.3 is 0 Å². The first-order valence-electron chi connectivity index (χ1n) is 9.59. The van der Waals surface area contributed by atoms with E-state index in [9.17, 15) is 9.90 Å². The fourth-order valence-corrected chi connectivity index (χ4v) is 4.19. The fourth-order valence-electron chi connectivity index (χ4n) is 4.19.